The van der Waals surface area contributed by atoms with Gasteiger partial charge in [0, 0.05) is 49.0 Å². The number of rotatable bonds is 3. The van der Waals surface area contributed by atoms with Crippen LogP contribution in [0.5, 0.6) is 5.75 Å². The van der Waals surface area contributed by atoms with Crippen molar-refractivity contribution in [2.24, 2.45) is 0 Å². The molecule has 30 heavy (non-hydrogen) atoms. The SMILES string of the molecule is COc1ccc(NC(=O)C(=O)N2CCN(C(=O)c3c[nH]c4ccccc34)CC2)cc1. The predicted molar refractivity (Wildman–Crippen MR) is 112 cm³/mol. The van der Waals surface area contributed by atoms with Gasteiger partial charge in [-0.2, -0.15) is 0 Å². The summed E-state index contributed by atoms with van der Waals surface area (Å²) in [6.07, 6.45) is 1.72. The molecule has 154 valence electrons. The zero-order valence-electron chi connectivity index (χ0n) is 16.6. The van der Waals surface area contributed by atoms with Gasteiger partial charge in [-0.15, -0.1) is 0 Å². The van der Waals surface area contributed by atoms with E-state index in [0.717, 1.165) is 10.9 Å². The largest absolute Gasteiger partial charge is 0.497 e. The van der Waals surface area contributed by atoms with Crippen LogP contribution < -0.4 is 10.1 Å². The van der Waals surface area contributed by atoms with Crippen LogP contribution in [0.15, 0.2) is 54.7 Å². The topological polar surface area (TPSA) is 94.7 Å². The highest BCUT2D eigenvalue weighted by atomic mass is 16.5. The minimum atomic E-state index is -0.698. The van der Waals surface area contributed by atoms with E-state index >= 15 is 0 Å². The van der Waals surface area contributed by atoms with Crippen molar-refractivity contribution in [1.29, 1.82) is 0 Å². The summed E-state index contributed by atoms with van der Waals surface area (Å²) in [5.74, 6) is -0.723. The number of aromatic amines is 1. The van der Waals surface area contributed by atoms with Crippen LogP contribution in [0.4, 0.5) is 5.69 Å². The normalized spacial score (nSPS) is 13.9. The molecule has 1 fully saturated rings. The molecule has 0 spiro atoms. The fourth-order valence-corrected chi connectivity index (χ4v) is 3.53. The van der Waals surface area contributed by atoms with Crippen molar-refractivity contribution in [3.8, 4) is 5.75 Å². The van der Waals surface area contributed by atoms with Crippen molar-refractivity contribution in [3.05, 3.63) is 60.3 Å². The number of H-pyrrole nitrogens is 1. The molecule has 1 aliphatic rings. The van der Waals surface area contributed by atoms with E-state index in [-0.39, 0.29) is 5.91 Å². The van der Waals surface area contributed by atoms with Crippen molar-refractivity contribution in [1.82, 2.24) is 14.8 Å². The Morgan fingerprint density at radius 3 is 2.30 bits per heavy atom. The molecule has 1 saturated heterocycles. The van der Waals surface area contributed by atoms with Gasteiger partial charge in [0.25, 0.3) is 5.91 Å². The van der Waals surface area contributed by atoms with E-state index < -0.39 is 11.8 Å². The Bertz CT molecular complexity index is 1080. The van der Waals surface area contributed by atoms with Crippen molar-refractivity contribution < 1.29 is 19.1 Å². The number of aromatic nitrogens is 1. The summed E-state index contributed by atoms with van der Waals surface area (Å²) >= 11 is 0. The summed E-state index contributed by atoms with van der Waals surface area (Å²) in [5, 5.41) is 3.47. The van der Waals surface area contributed by atoms with Crippen molar-refractivity contribution in [2.75, 3.05) is 38.6 Å². The summed E-state index contributed by atoms with van der Waals surface area (Å²) in [4.78, 5) is 44.0. The molecule has 0 aliphatic carbocycles. The molecular formula is C22H22N4O4. The Morgan fingerprint density at radius 2 is 1.60 bits per heavy atom. The first kappa shape index (κ1) is 19.5. The second kappa shape index (κ2) is 8.28. The summed E-state index contributed by atoms with van der Waals surface area (Å²) in [6, 6.07) is 14.4. The van der Waals surface area contributed by atoms with E-state index in [1.807, 2.05) is 24.3 Å². The molecular weight excluding hydrogens is 384 g/mol. The highest BCUT2D eigenvalue weighted by Crippen LogP contribution is 2.20. The molecule has 4 rings (SSSR count). The third-order valence-corrected chi connectivity index (χ3v) is 5.22. The van der Waals surface area contributed by atoms with Gasteiger partial charge >= 0.3 is 11.8 Å². The summed E-state index contributed by atoms with van der Waals surface area (Å²) in [6.45, 7) is 1.37. The molecule has 3 aromatic rings. The first-order valence-electron chi connectivity index (χ1n) is 9.66. The lowest BCUT2D eigenvalue weighted by atomic mass is 10.1. The zero-order valence-corrected chi connectivity index (χ0v) is 16.6. The Labute approximate surface area is 173 Å². The number of carbonyl (C=O) groups is 3. The number of hydrogen-bond donors (Lipinski definition) is 2. The predicted octanol–water partition coefficient (Wildman–Crippen LogP) is 2.10. The number of carbonyl (C=O) groups excluding carboxylic acids is 3. The second-order valence-corrected chi connectivity index (χ2v) is 7.01. The van der Waals surface area contributed by atoms with Crippen LogP contribution in [0.2, 0.25) is 0 Å². The molecule has 8 heteroatoms. The standard InChI is InChI=1S/C22H22N4O4/c1-30-16-8-6-15(7-9-16)24-20(27)22(29)26-12-10-25(11-13-26)21(28)18-14-23-19-5-3-2-4-17(18)19/h2-9,14,23H,10-13H2,1H3,(H,24,27). The first-order valence-corrected chi connectivity index (χ1v) is 9.66. The summed E-state index contributed by atoms with van der Waals surface area (Å²) in [5.41, 5.74) is 2.04. The molecule has 0 saturated carbocycles. The van der Waals surface area contributed by atoms with Crippen molar-refractivity contribution in [2.45, 2.75) is 0 Å². The molecule has 2 N–H and O–H groups in total. The number of hydrogen-bond acceptors (Lipinski definition) is 4. The average molecular weight is 406 g/mol. The molecule has 0 radical (unpaired) electrons. The lowest BCUT2D eigenvalue weighted by Gasteiger charge is -2.34. The number of para-hydroxylation sites is 1. The number of methoxy groups -OCH3 is 1. The van der Waals surface area contributed by atoms with Gasteiger partial charge in [0.2, 0.25) is 0 Å². The van der Waals surface area contributed by atoms with Gasteiger partial charge in [0.05, 0.1) is 12.7 Å². The number of benzene rings is 2. The molecule has 0 bridgehead atoms. The Morgan fingerprint density at radius 1 is 0.933 bits per heavy atom. The monoisotopic (exact) mass is 406 g/mol. The van der Waals surface area contributed by atoms with Crippen LogP contribution in [0.1, 0.15) is 10.4 Å². The maximum absolute atomic E-state index is 12.9. The minimum Gasteiger partial charge on any atom is -0.497 e. The zero-order chi connectivity index (χ0) is 21.1. The van der Waals surface area contributed by atoms with Crippen LogP contribution in [0.3, 0.4) is 0 Å². The Hall–Kier alpha value is -3.81. The molecule has 1 aromatic heterocycles. The lowest BCUT2D eigenvalue weighted by Crippen LogP contribution is -2.53. The average Bonchev–Trinajstić information content (AvgIpc) is 3.23. The molecule has 1 aliphatic heterocycles. The Kier molecular flexibility index (Phi) is 5.38. The van der Waals surface area contributed by atoms with E-state index in [1.165, 1.54) is 4.90 Å². The number of fused-ring (bicyclic) bond motifs is 1. The van der Waals surface area contributed by atoms with Gasteiger partial charge in [0.15, 0.2) is 0 Å². The third-order valence-electron chi connectivity index (χ3n) is 5.22. The van der Waals surface area contributed by atoms with Crippen LogP contribution in [-0.4, -0.2) is 65.8 Å². The quantitative estimate of drug-likeness (QED) is 0.652. The number of ether oxygens (including phenoxy) is 1. The van der Waals surface area contributed by atoms with E-state index in [2.05, 4.69) is 10.3 Å². The molecule has 0 unspecified atom stereocenters. The van der Waals surface area contributed by atoms with E-state index in [0.29, 0.717) is 43.2 Å². The number of nitrogens with zero attached hydrogens (tertiary/aromatic N) is 2. The number of nitrogens with one attached hydrogen (secondary N) is 2. The van der Waals surface area contributed by atoms with E-state index in [4.69, 9.17) is 4.74 Å². The fraction of sp³-hybridized carbons (Fsp3) is 0.227. The van der Waals surface area contributed by atoms with Crippen LogP contribution >= 0.6 is 0 Å². The highest BCUT2D eigenvalue weighted by molar-refractivity contribution is 6.39. The number of piperazine rings is 1. The Balaban J connectivity index is 1.34. The van der Waals surface area contributed by atoms with Gasteiger partial charge in [0.1, 0.15) is 5.75 Å². The van der Waals surface area contributed by atoms with Gasteiger partial charge in [-0.1, -0.05) is 18.2 Å². The molecule has 8 nitrogen and oxygen atoms in total. The third kappa shape index (κ3) is 3.84. The van der Waals surface area contributed by atoms with Gasteiger partial charge in [-0.3, -0.25) is 14.4 Å². The van der Waals surface area contributed by atoms with Crippen LogP contribution in [0.25, 0.3) is 10.9 Å². The second-order valence-electron chi connectivity index (χ2n) is 7.01. The maximum atomic E-state index is 12.9. The van der Waals surface area contributed by atoms with E-state index in [9.17, 15) is 14.4 Å². The number of anilines is 1. The number of amides is 3. The van der Waals surface area contributed by atoms with E-state index in [1.54, 1.807) is 42.5 Å². The highest BCUT2D eigenvalue weighted by Gasteiger charge is 2.29. The first-order chi connectivity index (χ1) is 14.6. The van der Waals surface area contributed by atoms with Crippen molar-refractivity contribution in [3.63, 3.8) is 0 Å². The minimum absolute atomic E-state index is 0.0813. The molecule has 0 atom stereocenters. The fourth-order valence-electron chi connectivity index (χ4n) is 3.53. The summed E-state index contributed by atoms with van der Waals surface area (Å²) in [7, 11) is 1.56. The molecule has 3 amide bonds. The smallest absolute Gasteiger partial charge is 0.313 e. The van der Waals surface area contributed by atoms with Gasteiger partial charge in [-0.25, -0.2) is 0 Å². The van der Waals surface area contributed by atoms with Gasteiger partial charge < -0.3 is 24.8 Å². The molecule has 2 aromatic carbocycles. The van der Waals surface area contributed by atoms with Gasteiger partial charge in [-0.05, 0) is 30.3 Å². The maximum Gasteiger partial charge on any atom is 0.313 e. The molecule has 2 heterocycles. The lowest BCUT2D eigenvalue weighted by molar-refractivity contribution is -0.144. The van der Waals surface area contributed by atoms with Crippen molar-refractivity contribution >= 4 is 34.3 Å². The summed E-state index contributed by atoms with van der Waals surface area (Å²) < 4.78 is 5.07. The van der Waals surface area contributed by atoms with Crippen LogP contribution in [0, 0.1) is 0 Å². The van der Waals surface area contributed by atoms with Crippen LogP contribution in [-0.2, 0) is 9.59 Å².